The van der Waals surface area contributed by atoms with Crippen LogP contribution >= 0.6 is 15.9 Å². The van der Waals surface area contributed by atoms with E-state index in [4.69, 9.17) is 0 Å². The quantitative estimate of drug-likeness (QED) is 0.277. The first-order valence-corrected chi connectivity index (χ1v) is 13.8. The van der Waals surface area contributed by atoms with Crippen LogP contribution in [0.4, 0.5) is 15.8 Å². The van der Waals surface area contributed by atoms with E-state index in [1.165, 1.54) is 24.3 Å². The van der Waals surface area contributed by atoms with E-state index >= 15 is 0 Å². The molecule has 3 aliphatic heterocycles. The minimum Gasteiger partial charge on any atom is -0.352 e. The Morgan fingerprint density at radius 1 is 0.825 bits per heavy atom. The van der Waals surface area contributed by atoms with Crippen LogP contribution in [0.25, 0.3) is 6.08 Å². The van der Waals surface area contributed by atoms with E-state index in [-0.39, 0.29) is 23.0 Å². The number of para-hydroxylation sites is 2. The summed E-state index contributed by atoms with van der Waals surface area (Å²) in [6.45, 7) is 0. The maximum absolute atomic E-state index is 14.6. The van der Waals surface area contributed by atoms with Gasteiger partial charge < -0.3 is 10.2 Å². The lowest BCUT2D eigenvalue weighted by atomic mass is 9.64. The molecule has 1 spiro atoms. The van der Waals surface area contributed by atoms with Crippen LogP contribution in [0.2, 0.25) is 0 Å². The molecule has 1 saturated heterocycles. The van der Waals surface area contributed by atoms with Gasteiger partial charge in [0.2, 0.25) is 5.91 Å². The molecule has 196 valence electrons. The third kappa shape index (κ3) is 3.40. The number of nitrogens with zero attached hydrogens (tertiary/aromatic N) is 1. The summed E-state index contributed by atoms with van der Waals surface area (Å²) in [4.78, 5) is 45.4. The molecular weight excluding hydrogens is 571 g/mol. The number of halogens is 2. The van der Waals surface area contributed by atoms with E-state index < -0.39 is 29.2 Å². The molecule has 4 atom stereocenters. The summed E-state index contributed by atoms with van der Waals surface area (Å²) < 4.78 is 14.7. The Hall–Kier alpha value is -4.36. The van der Waals surface area contributed by atoms with Crippen molar-refractivity contribution in [1.82, 2.24) is 0 Å². The third-order valence-corrected chi connectivity index (χ3v) is 8.88. The molecule has 0 aliphatic carbocycles. The highest BCUT2D eigenvalue weighted by Crippen LogP contribution is 2.58. The average Bonchev–Trinajstić information content (AvgIpc) is 3.45. The molecule has 5 nitrogen and oxygen atoms in total. The molecule has 0 radical (unpaired) electrons. The molecule has 1 amide bonds. The normalized spacial score (nSPS) is 23.9. The number of hydrogen-bond acceptors (Lipinski definition) is 4. The number of carbonyl (C=O) groups is 3. The zero-order chi connectivity index (χ0) is 27.6. The highest BCUT2D eigenvalue weighted by Gasteiger charge is 2.70. The summed E-state index contributed by atoms with van der Waals surface area (Å²) >= 11 is 3.43. The van der Waals surface area contributed by atoms with Crippen LogP contribution in [0.15, 0.2) is 108 Å². The number of fused-ring (bicyclic) bond motifs is 6. The fraction of sp³-hybridized carbons (Fsp3) is 0.121. The smallest absolute Gasteiger partial charge is 0.238 e. The molecule has 1 N–H and O–H groups in total. The number of rotatable bonds is 4. The van der Waals surface area contributed by atoms with Crippen molar-refractivity contribution in [2.75, 3.05) is 10.2 Å². The molecule has 0 aromatic heterocycles. The molecule has 0 bridgehead atoms. The third-order valence-electron chi connectivity index (χ3n) is 8.35. The van der Waals surface area contributed by atoms with Crippen LogP contribution in [0.1, 0.15) is 31.8 Å². The summed E-state index contributed by atoms with van der Waals surface area (Å²) in [5.41, 5.74) is 2.23. The summed E-state index contributed by atoms with van der Waals surface area (Å²) in [5, 5.41) is 3.01. The van der Waals surface area contributed by atoms with Crippen molar-refractivity contribution in [2.24, 2.45) is 5.92 Å². The van der Waals surface area contributed by atoms with Gasteiger partial charge in [0.1, 0.15) is 17.3 Å². The first kappa shape index (κ1) is 24.7. The Balaban J connectivity index is 1.53. The van der Waals surface area contributed by atoms with Gasteiger partial charge in [0.15, 0.2) is 11.6 Å². The van der Waals surface area contributed by atoms with E-state index in [0.29, 0.717) is 16.8 Å². The lowest BCUT2D eigenvalue weighted by Crippen LogP contribution is -2.51. The molecular formula is C33H22BrFN2O3. The van der Waals surface area contributed by atoms with Crippen molar-refractivity contribution in [3.05, 3.63) is 136 Å². The Bertz CT molecular complexity index is 1730. The predicted molar refractivity (Wildman–Crippen MR) is 155 cm³/mol. The van der Waals surface area contributed by atoms with Gasteiger partial charge in [0, 0.05) is 27.0 Å². The number of hydrogen-bond donors (Lipinski definition) is 1. The predicted octanol–water partition coefficient (Wildman–Crippen LogP) is 6.44. The van der Waals surface area contributed by atoms with Gasteiger partial charge in [-0.15, -0.1) is 0 Å². The monoisotopic (exact) mass is 592 g/mol. The Labute approximate surface area is 238 Å². The molecule has 1 fully saturated rings. The van der Waals surface area contributed by atoms with Crippen molar-refractivity contribution in [2.45, 2.75) is 17.5 Å². The Morgan fingerprint density at radius 2 is 1.48 bits per heavy atom. The summed E-state index contributed by atoms with van der Waals surface area (Å²) in [5.74, 6) is -2.56. The second kappa shape index (κ2) is 9.10. The number of nitrogens with one attached hydrogen (secondary N) is 1. The number of benzene rings is 4. The second-order valence-corrected chi connectivity index (χ2v) is 11.2. The SMILES string of the molecule is O=C(c1ccc(F)cc1)[C@@H]1[C@H](C(=O)c2ccc(Br)cc2)N2c3ccccc3C=C[C@@H]2[C@@]12C(=O)Nc1ccccc12. The lowest BCUT2D eigenvalue weighted by molar-refractivity contribution is -0.121. The molecule has 4 aromatic carbocycles. The van der Waals surface area contributed by atoms with Crippen molar-refractivity contribution >= 4 is 50.9 Å². The molecule has 7 rings (SSSR count). The van der Waals surface area contributed by atoms with Crippen LogP contribution in [0, 0.1) is 11.7 Å². The molecule has 7 heteroatoms. The van der Waals surface area contributed by atoms with Gasteiger partial charge in [-0.1, -0.05) is 76.6 Å². The first-order chi connectivity index (χ1) is 19.4. The number of carbonyl (C=O) groups excluding carboxylic acids is 3. The molecule has 3 aliphatic rings. The Morgan fingerprint density at radius 3 is 2.25 bits per heavy atom. The maximum atomic E-state index is 14.6. The first-order valence-electron chi connectivity index (χ1n) is 13.0. The van der Waals surface area contributed by atoms with Gasteiger partial charge in [-0.05, 0) is 59.7 Å². The zero-order valence-corrected chi connectivity index (χ0v) is 22.6. The fourth-order valence-electron chi connectivity index (χ4n) is 6.70. The summed E-state index contributed by atoms with van der Waals surface area (Å²) in [6, 6.07) is 25.7. The van der Waals surface area contributed by atoms with Crippen LogP contribution in [-0.4, -0.2) is 29.6 Å². The molecule has 3 heterocycles. The van der Waals surface area contributed by atoms with Crippen molar-refractivity contribution in [3.63, 3.8) is 0 Å². The molecule has 40 heavy (non-hydrogen) atoms. The van der Waals surface area contributed by atoms with Gasteiger partial charge in [-0.25, -0.2) is 4.39 Å². The summed E-state index contributed by atoms with van der Waals surface area (Å²) in [7, 11) is 0. The molecule has 0 unspecified atom stereocenters. The topological polar surface area (TPSA) is 66.5 Å². The van der Waals surface area contributed by atoms with Gasteiger partial charge in [0.25, 0.3) is 0 Å². The van der Waals surface area contributed by atoms with Crippen LogP contribution in [0.3, 0.4) is 0 Å². The average molecular weight is 593 g/mol. The lowest BCUT2D eigenvalue weighted by Gasteiger charge is -2.37. The minimum atomic E-state index is -1.40. The maximum Gasteiger partial charge on any atom is 0.238 e. The van der Waals surface area contributed by atoms with Crippen LogP contribution in [-0.2, 0) is 10.2 Å². The second-order valence-electron chi connectivity index (χ2n) is 10.3. The Kier molecular flexibility index (Phi) is 5.61. The summed E-state index contributed by atoms with van der Waals surface area (Å²) in [6.07, 6.45) is 3.89. The van der Waals surface area contributed by atoms with Crippen LogP contribution in [0.5, 0.6) is 0 Å². The molecule has 0 saturated carbocycles. The van der Waals surface area contributed by atoms with Crippen molar-refractivity contribution in [3.8, 4) is 0 Å². The standard InChI is InChI=1S/C33H22BrFN2O3/c34-22-14-9-21(10-15-22)31(39)29-28(30(38)20-11-16-23(35)17-12-20)33(24-6-2-3-7-25(24)36-32(33)40)27-18-13-19-5-1-4-8-26(19)37(27)29/h1-18,27-29H,(H,36,40)/t27-,28+,29-,33-/m1/s1. The van der Waals surface area contributed by atoms with Gasteiger partial charge in [-0.3, -0.25) is 14.4 Å². The van der Waals surface area contributed by atoms with E-state index in [0.717, 1.165) is 15.7 Å². The van der Waals surface area contributed by atoms with Crippen LogP contribution < -0.4 is 10.2 Å². The fourth-order valence-corrected chi connectivity index (χ4v) is 6.96. The van der Waals surface area contributed by atoms with Crippen molar-refractivity contribution in [1.29, 1.82) is 0 Å². The van der Waals surface area contributed by atoms with E-state index in [1.807, 2.05) is 65.6 Å². The van der Waals surface area contributed by atoms with Gasteiger partial charge in [0.05, 0.1) is 12.0 Å². The minimum absolute atomic E-state index is 0.244. The highest BCUT2D eigenvalue weighted by atomic mass is 79.9. The van der Waals surface area contributed by atoms with Gasteiger partial charge >= 0.3 is 0 Å². The largest absolute Gasteiger partial charge is 0.352 e. The van der Waals surface area contributed by atoms with Crippen molar-refractivity contribution < 1.29 is 18.8 Å². The van der Waals surface area contributed by atoms with Gasteiger partial charge in [-0.2, -0.15) is 0 Å². The number of anilines is 2. The molecule has 4 aromatic rings. The highest BCUT2D eigenvalue weighted by molar-refractivity contribution is 9.10. The van der Waals surface area contributed by atoms with E-state index in [2.05, 4.69) is 21.2 Å². The number of Topliss-reactive ketones (excluding diaryl/α,β-unsaturated/α-hetero) is 2. The van der Waals surface area contributed by atoms with E-state index in [9.17, 15) is 18.8 Å². The number of amides is 1. The van der Waals surface area contributed by atoms with E-state index in [1.54, 1.807) is 24.3 Å². The zero-order valence-electron chi connectivity index (χ0n) is 21.1. The number of ketones is 2.